The van der Waals surface area contributed by atoms with E-state index in [1.807, 2.05) is 25.5 Å². The summed E-state index contributed by atoms with van der Waals surface area (Å²) < 4.78 is 6.90. The Labute approximate surface area is 142 Å². The van der Waals surface area contributed by atoms with Crippen LogP contribution in [0.5, 0.6) is 0 Å². The number of hydrogen-bond acceptors (Lipinski definition) is 4. The number of aryl methyl sites for hydroxylation is 1. The molecule has 0 aliphatic heterocycles. The molecule has 1 aliphatic rings. The highest BCUT2D eigenvalue weighted by Crippen LogP contribution is 2.23. The minimum absolute atomic E-state index is 0.00289. The molecule has 0 saturated heterocycles. The number of carbonyl (C=O) groups excluding carboxylic acids is 3. The van der Waals surface area contributed by atoms with Gasteiger partial charge in [-0.1, -0.05) is 19.3 Å². The van der Waals surface area contributed by atoms with E-state index in [1.54, 1.807) is 6.07 Å². The normalized spacial score (nSPS) is 15.1. The molecule has 0 atom stereocenters. The molecular weight excluding hydrogens is 308 g/mol. The molecule has 0 aromatic carbocycles. The quantitative estimate of drug-likeness (QED) is 0.638. The maximum absolute atomic E-state index is 12.1. The fourth-order valence-electron chi connectivity index (χ4n) is 3.08. The second-order valence-electron chi connectivity index (χ2n) is 6.48. The van der Waals surface area contributed by atoms with E-state index in [2.05, 4.69) is 5.32 Å². The predicted octanol–water partition coefficient (Wildman–Crippen LogP) is 2.06. The summed E-state index contributed by atoms with van der Waals surface area (Å²) >= 11 is 0. The summed E-state index contributed by atoms with van der Waals surface area (Å²) in [5.41, 5.74) is 2.38. The molecule has 1 amide bonds. The molecule has 0 spiro atoms. The maximum atomic E-state index is 12.1. The Balaban J connectivity index is 1.75. The van der Waals surface area contributed by atoms with Crippen LogP contribution in [-0.2, 0) is 21.4 Å². The van der Waals surface area contributed by atoms with Crippen LogP contribution in [0.3, 0.4) is 0 Å². The van der Waals surface area contributed by atoms with Gasteiger partial charge in [0.1, 0.15) is 6.54 Å². The van der Waals surface area contributed by atoms with Gasteiger partial charge in [0.25, 0.3) is 0 Å². The molecule has 6 nitrogen and oxygen atoms in total. The minimum atomic E-state index is -0.585. The van der Waals surface area contributed by atoms with E-state index in [4.69, 9.17) is 4.74 Å². The van der Waals surface area contributed by atoms with E-state index in [-0.39, 0.29) is 30.8 Å². The molecule has 1 aromatic rings. The van der Waals surface area contributed by atoms with Crippen LogP contribution >= 0.6 is 0 Å². The van der Waals surface area contributed by atoms with Crippen LogP contribution < -0.4 is 5.32 Å². The number of carbonyl (C=O) groups is 3. The van der Waals surface area contributed by atoms with E-state index in [0.29, 0.717) is 5.56 Å². The number of esters is 1. The van der Waals surface area contributed by atoms with Gasteiger partial charge in [0.2, 0.25) is 11.7 Å². The fourth-order valence-corrected chi connectivity index (χ4v) is 3.08. The van der Waals surface area contributed by atoms with Crippen molar-refractivity contribution < 1.29 is 19.1 Å². The van der Waals surface area contributed by atoms with Gasteiger partial charge in [0.15, 0.2) is 6.61 Å². The topological polar surface area (TPSA) is 77.4 Å². The molecule has 2 rings (SSSR count). The summed E-state index contributed by atoms with van der Waals surface area (Å²) in [6, 6.07) is 1.79. The molecule has 0 unspecified atom stereocenters. The van der Waals surface area contributed by atoms with Crippen LogP contribution in [0.1, 0.15) is 53.8 Å². The number of nitrogens with zero attached hydrogens (tertiary/aromatic N) is 1. The largest absolute Gasteiger partial charge is 0.456 e. The highest BCUT2D eigenvalue weighted by atomic mass is 16.5. The molecule has 132 valence electrons. The number of rotatable bonds is 6. The third-order valence-corrected chi connectivity index (χ3v) is 4.82. The highest BCUT2D eigenvalue weighted by Gasteiger charge is 2.22. The number of ketones is 1. The van der Waals surface area contributed by atoms with Gasteiger partial charge in [-0.15, -0.1) is 0 Å². The van der Waals surface area contributed by atoms with Crippen LogP contribution in [-0.4, -0.2) is 35.4 Å². The molecule has 1 heterocycles. The van der Waals surface area contributed by atoms with Crippen molar-refractivity contribution in [3.63, 3.8) is 0 Å². The smallest absolute Gasteiger partial charge is 0.325 e. The molecule has 1 N–H and O–H groups in total. The van der Waals surface area contributed by atoms with Crippen molar-refractivity contribution in [1.29, 1.82) is 0 Å². The Kier molecular flexibility index (Phi) is 6.17. The van der Waals surface area contributed by atoms with Gasteiger partial charge < -0.3 is 14.6 Å². The van der Waals surface area contributed by atoms with Gasteiger partial charge >= 0.3 is 5.97 Å². The SMILES string of the molecule is Cc1cc(C(=O)COC(=O)CNC(=O)C2CCCCC2)c(C)n1C. The van der Waals surface area contributed by atoms with Gasteiger partial charge in [0.05, 0.1) is 0 Å². The first-order chi connectivity index (χ1) is 11.4. The lowest BCUT2D eigenvalue weighted by Crippen LogP contribution is -2.36. The van der Waals surface area contributed by atoms with Crippen molar-refractivity contribution >= 4 is 17.7 Å². The zero-order valence-electron chi connectivity index (χ0n) is 14.7. The zero-order chi connectivity index (χ0) is 17.7. The van der Waals surface area contributed by atoms with Gasteiger partial charge in [-0.2, -0.15) is 0 Å². The van der Waals surface area contributed by atoms with Gasteiger partial charge in [-0.3, -0.25) is 14.4 Å². The Hall–Kier alpha value is -2.11. The van der Waals surface area contributed by atoms with Crippen LogP contribution in [0, 0.1) is 19.8 Å². The second kappa shape index (κ2) is 8.13. The standard InChI is InChI=1S/C18H26N2O4/c1-12-9-15(13(2)20(12)3)16(21)11-24-17(22)10-19-18(23)14-7-5-4-6-8-14/h9,14H,4-8,10-11H2,1-3H3,(H,19,23). The van der Waals surface area contributed by atoms with Crippen molar-refractivity contribution in [2.75, 3.05) is 13.2 Å². The summed E-state index contributed by atoms with van der Waals surface area (Å²) in [7, 11) is 1.88. The Morgan fingerprint density at radius 2 is 1.88 bits per heavy atom. The lowest BCUT2D eigenvalue weighted by molar-refractivity contribution is -0.143. The molecule has 1 saturated carbocycles. The van der Waals surface area contributed by atoms with Crippen LogP contribution in [0.25, 0.3) is 0 Å². The lowest BCUT2D eigenvalue weighted by atomic mass is 9.89. The summed E-state index contributed by atoms with van der Waals surface area (Å²) in [5.74, 6) is -0.906. The van der Waals surface area contributed by atoms with Crippen LogP contribution in [0.2, 0.25) is 0 Å². The molecule has 24 heavy (non-hydrogen) atoms. The average Bonchev–Trinajstić information content (AvgIpc) is 2.85. The van der Waals surface area contributed by atoms with Crippen molar-refractivity contribution in [2.45, 2.75) is 46.0 Å². The number of Topliss-reactive ketones (excluding diaryl/α,β-unsaturated/α-hetero) is 1. The second-order valence-corrected chi connectivity index (χ2v) is 6.48. The minimum Gasteiger partial charge on any atom is -0.456 e. The first-order valence-corrected chi connectivity index (χ1v) is 8.49. The zero-order valence-corrected chi connectivity index (χ0v) is 14.7. The molecule has 0 radical (unpaired) electrons. The summed E-state index contributed by atoms with van der Waals surface area (Å²) in [6.45, 7) is 3.28. The van der Waals surface area contributed by atoms with E-state index >= 15 is 0 Å². The number of amides is 1. The number of nitrogens with one attached hydrogen (secondary N) is 1. The molecular formula is C18H26N2O4. The van der Waals surface area contributed by atoms with E-state index < -0.39 is 5.97 Å². The first-order valence-electron chi connectivity index (χ1n) is 8.49. The predicted molar refractivity (Wildman–Crippen MR) is 89.8 cm³/mol. The fraction of sp³-hybridized carbons (Fsp3) is 0.611. The van der Waals surface area contributed by atoms with Crippen molar-refractivity contribution in [3.05, 3.63) is 23.0 Å². The monoisotopic (exact) mass is 334 g/mol. The van der Waals surface area contributed by atoms with Crippen molar-refractivity contribution in [1.82, 2.24) is 9.88 Å². The Morgan fingerprint density at radius 1 is 1.21 bits per heavy atom. The number of hydrogen-bond donors (Lipinski definition) is 1. The average molecular weight is 334 g/mol. The third kappa shape index (κ3) is 4.46. The maximum Gasteiger partial charge on any atom is 0.325 e. The van der Waals surface area contributed by atoms with E-state index in [0.717, 1.165) is 37.1 Å². The summed E-state index contributed by atoms with van der Waals surface area (Å²) in [6.07, 6.45) is 5.06. The summed E-state index contributed by atoms with van der Waals surface area (Å²) in [4.78, 5) is 35.8. The third-order valence-electron chi connectivity index (χ3n) is 4.82. The van der Waals surface area contributed by atoms with E-state index in [9.17, 15) is 14.4 Å². The number of aromatic nitrogens is 1. The lowest BCUT2D eigenvalue weighted by Gasteiger charge is -2.20. The van der Waals surface area contributed by atoms with Gasteiger partial charge in [-0.05, 0) is 32.8 Å². The van der Waals surface area contributed by atoms with Crippen molar-refractivity contribution in [2.24, 2.45) is 13.0 Å². The molecule has 6 heteroatoms. The molecule has 1 fully saturated rings. The molecule has 1 aliphatic carbocycles. The number of ether oxygens (including phenoxy) is 1. The van der Waals surface area contributed by atoms with Crippen LogP contribution in [0.4, 0.5) is 0 Å². The van der Waals surface area contributed by atoms with Crippen molar-refractivity contribution in [3.8, 4) is 0 Å². The van der Waals surface area contributed by atoms with Crippen LogP contribution in [0.15, 0.2) is 6.07 Å². The van der Waals surface area contributed by atoms with Gasteiger partial charge in [0, 0.05) is 29.9 Å². The molecule has 0 bridgehead atoms. The Bertz CT molecular complexity index is 627. The highest BCUT2D eigenvalue weighted by molar-refractivity contribution is 5.99. The Morgan fingerprint density at radius 3 is 2.46 bits per heavy atom. The molecule has 1 aromatic heterocycles. The summed E-state index contributed by atoms with van der Waals surface area (Å²) in [5, 5.41) is 2.61. The van der Waals surface area contributed by atoms with E-state index in [1.165, 1.54) is 6.42 Å². The van der Waals surface area contributed by atoms with Gasteiger partial charge in [-0.25, -0.2) is 0 Å². The first kappa shape index (κ1) is 18.2.